The van der Waals surface area contributed by atoms with Crippen molar-refractivity contribution in [3.63, 3.8) is 0 Å². The van der Waals surface area contributed by atoms with E-state index in [1.807, 2.05) is 32.2 Å². The molecule has 1 unspecified atom stereocenters. The van der Waals surface area contributed by atoms with E-state index >= 15 is 0 Å². The van der Waals surface area contributed by atoms with Crippen LogP contribution in [0.15, 0.2) is 42.5 Å². The van der Waals surface area contributed by atoms with Gasteiger partial charge in [-0.25, -0.2) is 4.39 Å². The van der Waals surface area contributed by atoms with Crippen LogP contribution < -0.4 is 15.1 Å². The molecule has 2 aromatic rings. The summed E-state index contributed by atoms with van der Waals surface area (Å²) in [7, 11) is 1.82. The predicted molar refractivity (Wildman–Crippen MR) is 104 cm³/mol. The van der Waals surface area contributed by atoms with Gasteiger partial charge in [0.2, 0.25) is 5.91 Å². The van der Waals surface area contributed by atoms with E-state index in [9.17, 15) is 14.0 Å². The van der Waals surface area contributed by atoms with Crippen molar-refractivity contribution in [2.75, 3.05) is 23.8 Å². The minimum atomic E-state index is -0.377. The number of amides is 2. The average molecular weight is 391 g/mol. The molecule has 27 heavy (non-hydrogen) atoms. The Morgan fingerprint density at radius 3 is 2.78 bits per heavy atom. The van der Waals surface area contributed by atoms with Gasteiger partial charge >= 0.3 is 0 Å². The summed E-state index contributed by atoms with van der Waals surface area (Å²) >= 11 is 6.09. The molecule has 0 aromatic heterocycles. The summed E-state index contributed by atoms with van der Waals surface area (Å²) in [4.78, 5) is 27.6. The Bertz CT molecular complexity index is 854. The van der Waals surface area contributed by atoms with Crippen molar-refractivity contribution in [3.8, 4) is 0 Å². The fourth-order valence-corrected chi connectivity index (χ4v) is 3.61. The van der Waals surface area contributed by atoms with E-state index < -0.39 is 0 Å². The Hall–Kier alpha value is -2.44. The van der Waals surface area contributed by atoms with Crippen LogP contribution in [0.4, 0.5) is 15.8 Å². The minimum absolute atomic E-state index is 0.121. The topological polar surface area (TPSA) is 53.9 Å². The maximum absolute atomic E-state index is 14.0. The molecule has 0 saturated carbocycles. The van der Waals surface area contributed by atoms with Gasteiger partial charge in [-0.1, -0.05) is 29.8 Å². The van der Waals surface area contributed by atoms with Crippen molar-refractivity contribution >= 4 is 34.8 Å². The van der Waals surface area contributed by atoms with Gasteiger partial charge in [-0.05, 0) is 31.2 Å². The van der Waals surface area contributed by atoms with Gasteiger partial charge in [0.25, 0.3) is 5.91 Å². The molecule has 0 bridgehead atoms. The van der Waals surface area contributed by atoms with E-state index in [-0.39, 0.29) is 43.2 Å². The van der Waals surface area contributed by atoms with E-state index in [0.29, 0.717) is 22.0 Å². The zero-order valence-electron chi connectivity index (χ0n) is 15.3. The van der Waals surface area contributed by atoms with Crippen molar-refractivity contribution in [2.24, 2.45) is 0 Å². The van der Waals surface area contributed by atoms with Crippen LogP contribution in [-0.2, 0) is 16.1 Å². The third-order valence-corrected chi connectivity index (χ3v) is 4.98. The van der Waals surface area contributed by atoms with E-state index in [1.54, 1.807) is 23.1 Å². The van der Waals surface area contributed by atoms with E-state index in [4.69, 9.17) is 11.6 Å². The fourth-order valence-electron chi connectivity index (χ4n) is 3.38. The summed E-state index contributed by atoms with van der Waals surface area (Å²) in [5, 5.41) is 3.19. The number of fused-ring (bicyclic) bond motifs is 1. The number of para-hydroxylation sites is 2. The second kappa shape index (κ2) is 8.06. The number of likely N-dealkylation sites (N-methyl/N-ethyl adjacent to an activating group) is 1. The maximum Gasteiger partial charge on any atom is 0.282 e. The van der Waals surface area contributed by atoms with Gasteiger partial charge in [0.05, 0.1) is 29.0 Å². The average Bonchev–Trinajstić information content (AvgIpc) is 2.72. The molecule has 3 rings (SSSR count). The molecule has 1 aliphatic heterocycles. The molecule has 1 heterocycles. The fraction of sp³-hybridized carbons (Fsp3) is 0.300. The molecule has 2 aromatic carbocycles. The predicted octanol–water partition coefficient (Wildman–Crippen LogP) is 2.26. The van der Waals surface area contributed by atoms with Crippen molar-refractivity contribution in [1.82, 2.24) is 0 Å². The van der Waals surface area contributed by atoms with Crippen LogP contribution in [-0.4, -0.2) is 31.4 Å². The summed E-state index contributed by atoms with van der Waals surface area (Å²) in [5.41, 5.74) is 1.69. The highest BCUT2D eigenvalue weighted by atomic mass is 35.5. The van der Waals surface area contributed by atoms with Gasteiger partial charge in [-0.3, -0.25) is 9.59 Å². The first-order valence-corrected chi connectivity index (χ1v) is 9.19. The lowest BCUT2D eigenvalue weighted by atomic mass is 10.1. The smallest absolute Gasteiger partial charge is 0.282 e. The first kappa shape index (κ1) is 19.3. The monoisotopic (exact) mass is 390 g/mol. The highest BCUT2D eigenvalue weighted by Gasteiger charge is 2.31. The lowest BCUT2D eigenvalue weighted by molar-refractivity contribution is -0.885. The van der Waals surface area contributed by atoms with Gasteiger partial charge in [-0.2, -0.15) is 0 Å². The Labute approximate surface area is 162 Å². The minimum Gasteiger partial charge on any atom is -0.326 e. The molecule has 2 amide bonds. The number of hydrogen-bond donors (Lipinski definition) is 2. The molecule has 0 saturated heterocycles. The highest BCUT2D eigenvalue weighted by molar-refractivity contribution is 6.31. The number of hydrogen-bond acceptors (Lipinski definition) is 2. The lowest BCUT2D eigenvalue weighted by Gasteiger charge is -2.28. The summed E-state index contributed by atoms with van der Waals surface area (Å²) in [5.74, 6) is -0.627. The van der Waals surface area contributed by atoms with Crippen molar-refractivity contribution in [3.05, 3.63) is 58.9 Å². The quantitative estimate of drug-likeness (QED) is 0.841. The second-order valence-electron chi connectivity index (χ2n) is 6.89. The molecule has 7 heteroatoms. The first-order valence-electron chi connectivity index (χ1n) is 8.82. The van der Waals surface area contributed by atoms with Crippen LogP contribution in [0.2, 0.25) is 5.02 Å². The van der Waals surface area contributed by atoms with E-state index in [2.05, 4.69) is 5.32 Å². The molecule has 5 nitrogen and oxygen atoms in total. The molecular formula is C20H22ClFN3O2+. The zero-order valence-corrected chi connectivity index (χ0v) is 16.0. The van der Waals surface area contributed by atoms with Gasteiger partial charge < -0.3 is 15.1 Å². The Balaban J connectivity index is 1.79. The number of carbonyl (C=O) groups excluding carboxylic acids is 2. The van der Waals surface area contributed by atoms with E-state index in [1.165, 1.54) is 6.07 Å². The van der Waals surface area contributed by atoms with Crippen LogP contribution in [0.5, 0.6) is 0 Å². The Kier molecular flexibility index (Phi) is 5.77. The number of benzene rings is 2. The molecular weight excluding hydrogens is 369 g/mol. The molecule has 1 aliphatic rings. The second-order valence-corrected chi connectivity index (χ2v) is 7.30. The number of halogens is 2. The largest absolute Gasteiger partial charge is 0.326 e. The highest BCUT2D eigenvalue weighted by Crippen LogP contribution is 2.31. The maximum atomic E-state index is 14.0. The Morgan fingerprint density at radius 2 is 2.04 bits per heavy atom. The SMILES string of the molecule is C[C@@H]1CC(=O)Nc2ccccc2N1C(=O)C[NH+](C)Cc1c(F)cccc1Cl. The number of rotatable bonds is 4. The normalized spacial score (nSPS) is 17.7. The van der Waals surface area contributed by atoms with Gasteiger partial charge in [0, 0.05) is 12.5 Å². The zero-order chi connectivity index (χ0) is 19.6. The third kappa shape index (κ3) is 4.28. The molecule has 2 atom stereocenters. The van der Waals surface area contributed by atoms with E-state index in [0.717, 1.165) is 4.90 Å². The van der Waals surface area contributed by atoms with Crippen molar-refractivity contribution in [2.45, 2.75) is 25.9 Å². The molecule has 2 N–H and O–H groups in total. The van der Waals surface area contributed by atoms with Crippen LogP contribution in [0.25, 0.3) is 0 Å². The molecule has 0 spiro atoms. The Morgan fingerprint density at radius 1 is 1.30 bits per heavy atom. The van der Waals surface area contributed by atoms with Crippen molar-refractivity contribution in [1.29, 1.82) is 0 Å². The standard InChI is InChI=1S/C20H21ClFN3O2/c1-13-10-19(26)23-17-8-3-4-9-18(17)25(13)20(27)12-24(2)11-14-15(21)6-5-7-16(14)22/h3-9,13H,10-12H2,1-2H3,(H,23,26)/p+1/t13-/m1/s1. The van der Waals surface area contributed by atoms with Gasteiger partial charge in [0.1, 0.15) is 12.4 Å². The number of carbonyl (C=O) groups is 2. The molecule has 0 fully saturated rings. The summed E-state index contributed by atoms with van der Waals surface area (Å²) in [6.45, 7) is 2.29. The summed E-state index contributed by atoms with van der Waals surface area (Å²) < 4.78 is 14.0. The van der Waals surface area contributed by atoms with Gasteiger partial charge in [-0.15, -0.1) is 0 Å². The lowest BCUT2D eigenvalue weighted by Crippen LogP contribution is -3.09. The number of anilines is 2. The first-order chi connectivity index (χ1) is 12.9. The van der Waals surface area contributed by atoms with Gasteiger partial charge in [0.15, 0.2) is 6.54 Å². The molecule has 0 radical (unpaired) electrons. The summed E-state index contributed by atoms with van der Waals surface area (Å²) in [6, 6.07) is 11.5. The number of nitrogens with zero attached hydrogens (tertiary/aromatic N) is 1. The molecule has 142 valence electrons. The molecule has 0 aliphatic carbocycles. The summed E-state index contributed by atoms with van der Waals surface area (Å²) in [6.07, 6.45) is 0.221. The van der Waals surface area contributed by atoms with Crippen LogP contribution in [0.3, 0.4) is 0 Å². The van der Waals surface area contributed by atoms with Crippen LogP contribution in [0.1, 0.15) is 18.9 Å². The van der Waals surface area contributed by atoms with Crippen LogP contribution >= 0.6 is 11.6 Å². The van der Waals surface area contributed by atoms with Crippen LogP contribution in [0, 0.1) is 5.82 Å². The third-order valence-electron chi connectivity index (χ3n) is 4.62. The van der Waals surface area contributed by atoms with Crippen molar-refractivity contribution < 1.29 is 18.9 Å². The number of quaternary nitrogens is 1. The number of nitrogens with one attached hydrogen (secondary N) is 2.